The summed E-state index contributed by atoms with van der Waals surface area (Å²) >= 11 is 3.53. The maximum atomic E-state index is 5.21. The minimum atomic E-state index is 0.642. The number of hydrogen-bond acceptors (Lipinski definition) is 6. The molecule has 11 rings (SSSR count). The van der Waals surface area contributed by atoms with Gasteiger partial charge >= 0.3 is 0 Å². The topological polar surface area (TPSA) is 51.6 Å². The maximum absolute atomic E-state index is 5.21. The van der Waals surface area contributed by atoms with Crippen molar-refractivity contribution in [1.82, 2.24) is 19.9 Å². The van der Waals surface area contributed by atoms with E-state index in [4.69, 9.17) is 19.9 Å². The lowest BCUT2D eigenvalue weighted by Crippen LogP contribution is -2.00. The molecule has 0 fully saturated rings. The predicted octanol–water partition coefficient (Wildman–Crippen LogP) is 13.5. The van der Waals surface area contributed by atoms with Crippen molar-refractivity contribution in [3.8, 4) is 55.9 Å². The molecule has 8 aromatic carbocycles. The normalized spacial score (nSPS) is 11.7. The quantitative estimate of drug-likeness (QED) is 0.177. The van der Waals surface area contributed by atoms with Gasteiger partial charge in [0, 0.05) is 42.4 Å². The van der Waals surface area contributed by atoms with Gasteiger partial charge in [-0.2, -0.15) is 0 Å². The molecule has 4 nitrogen and oxygen atoms in total. The van der Waals surface area contributed by atoms with Gasteiger partial charge in [-0.1, -0.05) is 133 Å². The van der Waals surface area contributed by atoms with Crippen LogP contribution in [0.2, 0.25) is 0 Å². The largest absolute Gasteiger partial charge is 0.236 e. The van der Waals surface area contributed by atoms with Gasteiger partial charge in [0.25, 0.3) is 0 Å². The minimum absolute atomic E-state index is 0.642. The fourth-order valence-corrected chi connectivity index (χ4v) is 9.58. The fraction of sp³-hybridized carbons (Fsp3) is 0. The van der Waals surface area contributed by atoms with Gasteiger partial charge in [0.05, 0.1) is 10.2 Å². The Morgan fingerprint density at radius 2 is 0.926 bits per heavy atom. The summed E-state index contributed by atoms with van der Waals surface area (Å²) in [6.45, 7) is 0. The second-order valence-corrected chi connectivity index (χ2v) is 15.6. The molecule has 0 saturated carbocycles. The zero-order valence-corrected chi connectivity index (χ0v) is 30.4. The summed E-state index contributed by atoms with van der Waals surface area (Å²) in [5.41, 5.74) is 7.34. The summed E-state index contributed by atoms with van der Waals surface area (Å²) in [6.07, 6.45) is 0. The van der Waals surface area contributed by atoms with E-state index in [1.807, 2.05) is 6.07 Å². The molecule has 0 aliphatic rings. The molecule has 0 amide bonds. The van der Waals surface area contributed by atoms with Gasteiger partial charge in [0.2, 0.25) is 0 Å². The Labute approximate surface area is 318 Å². The molecule has 6 heteroatoms. The van der Waals surface area contributed by atoms with Gasteiger partial charge in [-0.15, -0.1) is 22.7 Å². The highest BCUT2D eigenvalue weighted by Gasteiger charge is 2.17. The van der Waals surface area contributed by atoms with Crippen LogP contribution in [0, 0.1) is 0 Å². The predicted molar refractivity (Wildman–Crippen MR) is 228 cm³/mol. The molecule has 0 N–H and O–H groups in total. The average molecular weight is 725 g/mol. The molecule has 0 unspecified atom stereocenters. The number of nitrogens with zero attached hydrogens (tertiary/aromatic N) is 4. The van der Waals surface area contributed by atoms with E-state index in [-0.39, 0.29) is 0 Å². The fourth-order valence-electron chi connectivity index (χ4n) is 7.43. The second-order valence-electron chi connectivity index (χ2n) is 13.5. The van der Waals surface area contributed by atoms with E-state index in [2.05, 4.69) is 164 Å². The van der Waals surface area contributed by atoms with E-state index in [1.54, 1.807) is 22.7 Å². The van der Waals surface area contributed by atoms with Crippen LogP contribution in [-0.4, -0.2) is 19.9 Å². The highest BCUT2D eigenvalue weighted by molar-refractivity contribution is 7.26. The van der Waals surface area contributed by atoms with Gasteiger partial charge < -0.3 is 0 Å². The first kappa shape index (κ1) is 31.0. The number of fused-ring (bicyclic) bond motifs is 6. The lowest BCUT2D eigenvalue weighted by Gasteiger charge is -2.12. The van der Waals surface area contributed by atoms with E-state index >= 15 is 0 Å². The van der Waals surface area contributed by atoms with Crippen LogP contribution in [0.15, 0.2) is 170 Å². The third-order valence-electron chi connectivity index (χ3n) is 10.1. The SMILES string of the molecule is c1ccc(-c2nc3cc4sc5cc(-c6nc(-c7ccc8ccccc8c7)nc(-c7cc(-c8ccccc8)c8ccccc8c7)n6)ccc5c4cc3s2)cc1. The molecule has 252 valence electrons. The number of hydrogen-bond donors (Lipinski definition) is 0. The van der Waals surface area contributed by atoms with Gasteiger partial charge in [-0.25, -0.2) is 19.9 Å². The monoisotopic (exact) mass is 724 g/mol. The van der Waals surface area contributed by atoms with Crippen LogP contribution in [0.5, 0.6) is 0 Å². The Bertz CT molecular complexity index is 3220. The first-order chi connectivity index (χ1) is 26.7. The summed E-state index contributed by atoms with van der Waals surface area (Å²) in [5.74, 6) is 1.93. The molecule has 3 aromatic heterocycles. The van der Waals surface area contributed by atoms with Gasteiger partial charge in [-0.05, 0) is 69.1 Å². The van der Waals surface area contributed by atoms with E-state index in [0.717, 1.165) is 54.7 Å². The van der Waals surface area contributed by atoms with Crippen LogP contribution in [-0.2, 0) is 0 Å². The maximum Gasteiger partial charge on any atom is 0.164 e. The number of aromatic nitrogens is 4. The van der Waals surface area contributed by atoms with E-state index in [9.17, 15) is 0 Å². The van der Waals surface area contributed by atoms with Crippen molar-refractivity contribution in [2.24, 2.45) is 0 Å². The Balaban J connectivity index is 1.08. The number of thiazole rings is 1. The summed E-state index contributed by atoms with van der Waals surface area (Å²) in [6, 6.07) is 59.9. The minimum Gasteiger partial charge on any atom is -0.236 e. The Morgan fingerprint density at radius 1 is 0.315 bits per heavy atom. The Kier molecular flexibility index (Phi) is 7.18. The van der Waals surface area contributed by atoms with Crippen molar-refractivity contribution in [3.05, 3.63) is 170 Å². The highest BCUT2D eigenvalue weighted by atomic mass is 32.1. The third-order valence-corrected chi connectivity index (χ3v) is 12.3. The van der Waals surface area contributed by atoms with Crippen molar-refractivity contribution in [1.29, 1.82) is 0 Å². The Morgan fingerprint density at radius 3 is 1.72 bits per heavy atom. The third kappa shape index (κ3) is 5.35. The van der Waals surface area contributed by atoms with Crippen molar-refractivity contribution in [2.45, 2.75) is 0 Å². The zero-order chi connectivity index (χ0) is 35.6. The molecule has 0 aliphatic carbocycles. The molecule has 0 bridgehead atoms. The number of benzene rings is 8. The molecule has 0 aliphatic heterocycles. The van der Waals surface area contributed by atoms with Gasteiger partial charge in [0.1, 0.15) is 5.01 Å². The molecule has 0 spiro atoms. The molecule has 11 aromatic rings. The lowest BCUT2D eigenvalue weighted by atomic mass is 9.95. The summed E-state index contributed by atoms with van der Waals surface area (Å²) < 4.78 is 3.60. The van der Waals surface area contributed by atoms with Crippen LogP contribution in [0.25, 0.3) is 108 Å². The van der Waals surface area contributed by atoms with Crippen LogP contribution in [0.3, 0.4) is 0 Å². The first-order valence-electron chi connectivity index (χ1n) is 17.9. The van der Waals surface area contributed by atoms with Crippen molar-refractivity contribution in [3.63, 3.8) is 0 Å². The molecule has 0 radical (unpaired) electrons. The molecule has 3 heterocycles. The van der Waals surface area contributed by atoms with Crippen molar-refractivity contribution in [2.75, 3.05) is 0 Å². The first-order valence-corrected chi connectivity index (χ1v) is 19.5. The summed E-state index contributed by atoms with van der Waals surface area (Å²) in [4.78, 5) is 20.6. The molecule has 0 atom stereocenters. The van der Waals surface area contributed by atoms with Crippen LogP contribution in [0.1, 0.15) is 0 Å². The molecule has 0 saturated heterocycles. The highest BCUT2D eigenvalue weighted by Crippen LogP contribution is 2.41. The van der Waals surface area contributed by atoms with Crippen LogP contribution >= 0.6 is 22.7 Å². The van der Waals surface area contributed by atoms with E-state index < -0.39 is 0 Å². The van der Waals surface area contributed by atoms with Gasteiger partial charge in [-0.3, -0.25) is 0 Å². The second kappa shape index (κ2) is 12.5. The summed E-state index contributed by atoms with van der Waals surface area (Å²) in [7, 11) is 0. The van der Waals surface area contributed by atoms with Crippen LogP contribution in [0.4, 0.5) is 0 Å². The molecular formula is C48H28N4S2. The average Bonchev–Trinajstić information content (AvgIpc) is 3.82. The summed E-state index contributed by atoms with van der Waals surface area (Å²) in [5, 5.41) is 8.17. The number of rotatable bonds is 5. The van der Waals surface area contributed by atoms with E-state index in [0.29, 0.717) is 17.5 Å². The standard InChI is InChI=1S/C48H28N4S2/c1-3-12-30(13-4-1)39-25-36(24-33-17-9-10-18-37(33)39)47-51-45(34-20-19-29-11-7-8-16-32(29)23-34)50-46(52-47)35-21-22-38-40-27-44-41(28-43(40)53-42(38)26-35)49-48(54-44)31-14-5-2-6-15-31/h1-28H. The Hall–Kier alpha value is -6.60. The van der Waals surface area contributed by atoms with Crippen LogP contribution < -0.4 is 0 Å². The van der Waals surface area contributed by atoms with Crippen molar-refractivity contribution >= 4 is 74.6 Å². The van der Waals surface area contributed by atoms with Gasteiger partial charge in [0.15, 0.2) is 17.5 Å². The smallest absolute Gasteiger partial charge is 0.164 e. The lowest BCUT2D eigenvalue weighted by molar-refractivity contribution is 1.08. The number of thiophene rings is 1. The van der Waals surface area contributed by atoms with E-state index in [1.165, 1.54) is 35.6 Å². The zero-order valence-electron chi connectivity index (χ0n) is 28.8. The van der Waals surface area contributed by atoms with Crippen molar-refractivity contribution < 1.29 is 0 Å². The molecule has 54 heavy (non-hydrogen) atoms. The molecular weight excluding hydrogens is 697 g/mol.